The van der Waals surface area contributed by atoms with Crippen molar-refractivity contribution in [2.45, 2.75) is 19.0 Å². The molecule has 164 valence electrons. The normalized spacial score (nSPS) is 15.2. The molecule has 0 radical (unpaired) electrons. The van der Waals surface area contributed by atoms with Crippen LogP contribution >= 0.6 is 0 Å². The van der Waals surface area contributed by atoms with Crippen LogP contribution in [0.1, 0.15) is 33.9 Å². The van der Waals surface area contributed by atoms with Gasteiger partial charge in [-0.05, 0) is 17.7 Å². The van der Waals surface area contributed by atoms with Crippen LogP contribution in [-0.4, -0.2) is 42.9 Å². The number of carbonyl (C=O) groups excluding carboxylic acids is 2. The van der Waals surface area contributed by atoms with Crippen molar-refractivity contribution < 1.29 is 14.5 Å². The minimum Gasteiger partial charge on any atom is -0.345 e. The van der Waals surface area contributed by atoms with Gasteiger partial charge in [-0.2, -0.15) is 0 Å². The molecule has 2 N–H and O–H groups in total. The smallest absolute Gasteiger partial charge is 0.251 e. The summed E-state index contributed by atoms with van der Waals surface area (Å²) in [5.74, 6) is -0.0737. The summed E-state index contributed by atoms with van der Waals surface area (Å²) in [6.07, 6.45) is 0.261. The monoisotopic (exact) mass is 428 g/mol. The second-order valence-electron chi connectivity index (χ2n) is 8.30. The van der Waals surface area contributed by atoms with E-state index >= 15 is 0 Å². The fourth-order valence-electron chi connectivity index (χ4n) is 4.21. The van der Waals surface area contributed by atoms with E-state index < -0.39 is 0 Å². The van der Waals surface area contributed by atoms with Crippen LogP contribution in [0.4, 0.5) is 0 Å². The van der Waals surface area contributed by atoms with Crippen LogP contribution < -0.4 is 10.2 Å². The molecule has 2 amide bonds. The summed E-state index contributed by atoms with van der Waals surface area (Å²) >= 11 is 0. The number of nitrogens with zero attached hydrogens (tertiary/aromatic N) is 1. The molecule has 5 heteroatoms. The molecule has 0 aromatic heterocycles. The molecule has 5 nitrogen and oxygen atoms in total. The second kappa shape index (κ2) is 10.7. The van der Waals surface area contributed by atoms with Crippen LogP contribution in [0, 0.1) is 0 Å². The molecular formula is C27H30N3O2+. The Hall–Kier alpha value is -3.44. The standard InChI is InChI=1S/C27H29N3O2/c31-26(30-18-16-29(17-19-30)21-22-10-4-1-5-11-22)20-25(23-12-6-2-7-13-23)28-27(32)24-14-8-3-9-15-24/h1-15,25H,16-21H2,(H,28,32)/p+1/t25-/m1/s1. The van der Waals surface area contributed by atoms with Crippen molar-refractivity contribution in [2.24, 2.45) is 0 Å². The van der Waals surface area contributed by atoms with Crippen molar-refractivity contribution in [2.75, 3.05) is 26.2 Å². The Morgan fingerprint density at radius 3 is 2.00 bits per heavy atom. The average molecular weight is 429 g/mol. The number of piperazine rings is 1. The van der Waals surface area contributed by atoms with Crippen LogP contribution in [0.25, 0.3) is 0 Å². The van der Waals surface area contributed by atoms with Gasteiger partial charge in [0, 0.05) is 11.1 Å². The zero-order chi connectivity index (χ0) is 22.2. The molecule has 3 aromatic rings. The Labute approximate surface area is 189 Å². The van der Waals surface area contributed by atoms with Gasteiger partial charge >= 0.3 is 0 Å². The van der Waals surface area contributed by atoms with E-state index in [1.54, 1.807) is 12.1 Å². The number of amides is 2. The molecular weight excluding hydrogens is 398 g/mol. The van der Waals surface area contributed by atoms with Gasteiger partial charge in [0.05, 0.1) is 38.6 Å². The van der Waals surface area contributed by atoms with E-state index in [1.165, 1.54) is 10.5 Å². The maximum atomic E-state index is 13.1. The molecule has 0 saturated carbocycles. The number of benzene rings is 3. The van der Waals surface area contributed by atoms with Gasteiger partial charge in [0.15, 0.2) is 0 Å². The third-order valence-corrected chi connectivity index (χ3v) is 6.04. The molecule has 1 aliphatic rings. The third kappa shape index (κ3) is 5.83. The van der Waals surface area contributed by atoms with Gasteiger partial charge in [-0.15, -0.1) is 0 Å². The molecule has 1 atom stereocenters. The van der Waals surface area contributed by atoms with E-state index in [1.807, 2.05) is 59.5 Å². The first-order valence-electron chi connectivity index (χ1n) is 11.2. The minimum atomic E-state index is -0.355. The summed E-state index contributed by atoms with van der Waals surface area (Å²) in [5, 5.41) is 3.07. The molecule has 1 fully saturated rings. The van der Waals surface area contributed by atoms with Crippen molar-refractivity contribution in [1.82, 2.24) is 10.2 Å². The molecule has 1 heterocycles. The van der Waals surface area contributed by atoms with Crippen LogP contribution in [0.2, 0.25) is 0 Å². The van der Waals surface area contributed by atoms with Gasteiger partial charge in [0.1, 0.15) is 6.54 Å². The number of rotatable bonds is 7. The van der Waals surface area contributed by atoms with Crippen molar-refractivity contribution in [3.63, 3.8) is 0 Å². The van der Waals surface area contributed by atoms with E-state index in [0.717, 1.165) is 38.3 Å². The van der Waals surface area contributed by atoms with Crippen LogP contribution in [-0.2, 0) is 11.3 Å². The van der Waals surface area contributed by atoms with E-state index in [0.29, 0.717) is 5.56 Å². The molecule has 0 unspecified atom stereocenters. The topological polar surface area (TPSA) is 53.9 Å². The van der Waals surface area contributed by atoms with Crippen LogP contribution in [0.3, 0.4) is 0 Å². The molecule has 4 rings (SSSR count). The zero-order valence-electron chi connectivity index (χ0n) is 18.2. The number of nitrogens with one attached hydrogen (secondary N) is 2. The van der Waals surface area contributed by atoms with E-state index in [2.05, 4.69) is 29.6 Å². The summed E-state index contributed by atoms with van der Waals surface area (Å²) in [7, 11) is 0. The van der Waals surface area contributed by atoms with Gasteiger partial charge < -0.3 is 15.1 Å². The number of hydrogen-bond donors (Lipinski definition) is 2. The maximum absolute atomic E-state index is 13.1. The number of quaternary nitrogens is 1. The van der Waals surface area contributed by atoms with Gasteiger partial charge in [-0.3, -0.25) is 9.59 Å². The highest BCUT2D eigenvalue weighted by molar-refractivity contribution is 5.94. The first kappa shape index (κ1) is 21.8. The highest BCUT2D eigenvalue weighted by Crippen LogP contribution is 2.19. The van der Waals surface area contributed by atoms with Gasteiger partial charge in [-0.1, -0.05) is 78.9 Å². The van der Waals surface area contributed by atoms with Gasteiger partial charge in [0.25, 0.3) is 5.91 Å². The van der Waals surface area contributed by atoms with E-state index in [4.69, 9.17) is 0 Å². The lowest BCUT2D eigenvalue weighted by Crippen LogP contribution is -3.13. The molecule has 0 spiro atoms. The predicted molar refractivity (Wildman–Crippen MR) is 125 cm³/mol. The van der Waals surface area contributed by atoms with Crippen LogP contribution in [0.5, 0.6) is 0 Å². The average Bonchev–Trinajstić information content (AvgIpc) is 2.85. The molecule has 3 aromatic carbocycles. The molecule has 32 heavy (non-hydrogen) atoms. The fraction of sp³-hybridized carbons (Fsp3) is 0.259. The van der Waals surface area contributed by atoms with Crippen molar-refractivity contribution in [3.8, 4) is 0 Å². The Kier molecular flexibility index (Phi) is 7.31. The van der Waals surface area contributed by atoms with Crippen LogP contribution in [0.15, 0.2) is 91.0 Å². The first-order chi connectivity index (χ1) is 15.7. The first-order valence-corrected chi connectivity index (χ1v) is 11.2. The Bertz CT molecular complexity index is 1000. The van der Waals surface area contributed by atoms with Gasteiger partial charge in [-0.25, -0.2) is 0 Å². The summed E-state index contributed by atoms with van der Waals surface area (Å²) < 4.78 is 0. The lowest BCUT2D eigenvalue weighted by Gasteiger charge is -2.33. The maximum Gasteiger partial charge on any atom is 0.251 e. The largest absolute Gasteiger partial charge is 0.345 e. The molecule has 0 aliphatic carbocycles. The Balaban J connectivity index is 1.37. The third-order valence-electron chi connectivity index (χ3n) is 6.04. The molecule has 0 bridgehead atoms. The molecule has 1 aliphatic heterocycles. The predicted octanol–water partition coefficient (Wildman–Crippen LogP) is 2.48. The lowest BCUT2D eigenvalue weighted by molar-refractivity contribution is -0.917. The summed E-state index contributed by atoms with van der Waals surface area (Å²) in [6.45, 7) is 4.35. The Morgan fingerprint density at radius 2 is 1.38 bits per heavy atom. The fourth-order valence-corrected chi connectivity index (χ4v) is 4.21. The van der Waals surface area contributed by atoms with Gasteiger partial charge in [0.2, 0.25) is 5.91 Å². The minimum absolute atomic E-state index is 0.0889. The van der Waals surface area contributed by atoms with Crippen molar-refractivity contribution in [1.29, 1.82) is 0 Å². The zero-order valence-corrected chi connectivity index (χ0v) is 18.2. The summed E-state index contributed by atoms with van der Waals surface area (Å²) in [6, 6.07) is 29.0. The van der Waals surface area contributed by atoms with Crippen molar-refractivity contribution >= 4 is 11.8 Å². The summed E-state index contributed by atoms with van der Waals surface area (Å²) in [4.78, 5) is 29.3. The SMILES string of the molecule is O=C(N[C@H](CC(=O)N1CC[NH+](Cc2ccccc2)CC1)c1ccccc1)c1ccccc1. The highest BCUT2D eigenvalue weighted by atomic mass is 16.2. The van der Waals surface area contributed by atoms with Crippen molar-refractivity contribution in [3.05, 3.63) is 108 Å². The highest BCUT2D eigenvalue weighted by Gasteiger charge is 2.27. The van der Waals surface area contributed by atoms with E-state index in [-0.39, 0.29) is 24.3 Å². The molecule has 1 saturated heterocycles. The summed E-state index contributed by atoms with van der Waals surface area (Å²) in [5.41, 5.74) is 2.87. The number of carbonyl (C=O) groups is 2. The lowest BCUT2D eigenvalue weighted by atomic mass is 10.0. The number of hydrogen-bond acceptors (Lipinski definition) is 2. The Morgan fingerprint density at radius 1 is 0.812 bits per heavy atom. The quantitative estimate of drug-likeness (QED) is 0.608. The van der Waals surface area contributed by atoms with E-state index in [9.17, 15) is 9.59 Å². The second-order valence-corrected chi connectivity index (χ2v) is 8.30.